The van der Waals surface area contributed by atoms with Crippen LogP contribution in [0.1, 0.15) is 19.8 Å². The van der Waals surface area contributed by atoms with Gasteiger partial charge in [-0.2, -0.15) is 0 Å². The summed E-state index contributed by atoms with van der Waals surface area (Å²) in [5.74, 6) is 3.55. The molecule has 1 aliphatic heterocycles. The Kier molecular flexibility index (Phi) is 6.90. The highest BCUT2D eigenvalue weighted by molar-refractivity contribution is 6.30. The average Bonchev–Trinajstić information content (AvgIpc) is 3.51. The lowest BCUT2D eigenvalue weighted by Gasteiger charge is -2.37. The number of rotatable bonds is 7. The monoisotopic (exact) mass is 494 g/mol. The summed E-state index contributed by atoms with van der Waals surface area (Å²) in [7, 11) is 0. The number of carbonyl (C=O) groups is 2. The number of halogens is 1. The van der Waals surface area contributed by atoms with Gasteiger partial charge in [0, 0.05) is 68.8 Å². The molecule has 5 rings (SSSR count). The van der Waals surface area contributed by atoms with Crippen LogP contribution in [-0.4, -0.2) is 66.0 Å². The van der Waals surface area contributed by atoms with E-state index in [1.807, 2.05) is 35.2 Å². The lowest BCUT2D eigenvalue weighted by molar-refractivity contribution is -0.136. The molecule has 2 aromatic rings. The van der Waals surface area contributed by atoms with Gasteiger partial charge in [0.15, 0.2) is 5.82 Å². The predicted octanol–water partition coefficient (Wildman–Crippen LogP) is 3.21. The number of aromatic nitrogens is 2. The minimum atomic E-state index is -0.0640. The molecule has 35 heavy (non-hydrogen) atoms. The summed E-state index contributed by atoms with van der Waals surface area (Å²) >= 11 is 6.07. The molecule has 184 valence electrons. The second kappa shape index (κ2) is 10.2. The first kappa shape index (κ1) is 23.6. The molecule has 2 amide bonds. The molecule has 2 heterocycles. The van der Waals surface area contributed by atoms with E-state index in [4.69, 9.17) is 16.6 Å². The molecule has 0 spiro atoms. The Hall–Kier alpha value is -3.13. The number of amides is 2. The van der Waals surface area contributed by atoms with Crippen molar-refractivity contribution in [1.82, 2.24) is 20.2 Å². The van der Waals surface area contributed by atoms with Gasteiger partial charge in [0.05, 0.1) is 0 Å². The second-order valence-corrected chi connectivity index (χ2v) is 9.99. The minimum absolute atomic E-state index is 0.0640. The van der Waals surface area contributed by atoms with Crippen molar-refractivity contribution in [2.45, 2.75) is 19.8 Å². The first-order chi connectivity index (χ1) is 17.0. The van der Waals surface area contributed by atoms with Gasteiger partial charge >= 0.3 is 0 Å². The number of nitrogens with one attached hydrogen (secondary N) is 2. The quantitative estimate of drug-likeness (QED) is 0.454. The highest BCUT2D eigenvalue weighted by Crippen LogP contribution is 2.44. The van der Waals surface area contributed by atoms with Crippen LogP contribution in [0, 0.1) is 17.8 Å². The summed E-state index contributed by atoms with van der Waals surface area (Å²) in [4.78, 5) is 38.1. The van der Waals surface area contributed by atoms with Crippen LogP contribution in [0.4, 0.5) is 11.6 Å². The van der Waals surface area contributed by atoms with E-state index < -0.39 is 0 Å². The number of nitrogens with zero attached hydrogens (tertiary/aromatic N) is 4. The summed E-state index contributed by atoms with van der Waals surface area (Å²) < 4.78 is 0. The molecule has 8 nitrogen and oxygen atoms in total. The van der Waals surface area contributed by atoms with Crippen LogP contribution in [0.3, 0.4) is 0 Å². The second-order valence-electron chi connectivity index (χ2n) is 9.55. The summed E-state index contributed by atoms with van der Waals surface area (Å²) in [6.45, 7) is 5.40. The fourth-order valence-electron chi connectivity index (χ4n) is 5.30. The SMILES string of the molecule is CC(=O)NCCNc1cc(N2CCN(C(=O)C3CC4C=CC3C4)CC2)nc(-c2ccc(Cl)cc2)n1. The Balaban J connectivity index is 1.28. The molecule has 2 bridgehead atoms. The Morgan fingerprint density at radius 1 is 1.03 bits per heavy atom. The third-order valence-corrected chi connectivity index (χ3v) is 7.38. The molecule has 9 heteroatoms. The van der Waals surface area contributed by atoms with Gasteiger partial charge in [-0.05, 0) is 48.9 Å². The zero-order chi connectivity index (χ0) is 24.4. The summed E-state index contributed by atoms with van der Waals surface area (Å²) in [5, 5.41) is 6.73. The number of fused-ring (bicyclic) bond motifs is 2. The molecule has 2 N–H and O–H groups in total. The molecular weight excluding hydrogens is 464 g/mol. The smallest absolute Gasteiger partial charge is 0.226 e. The van der Waals surface area contributed by atoms with Gasteiger partial charge in [-0.25, -0.2) is 9.97 Å². The number of benzene rings is 1. The van der Waals surface area contributed by atoms with Crippen molar-refractivity contribution in [1.29, 1.82) is 0 Å². The van der Waals surface area contributed by atoms with E-state index in [1.165, 1.54) is 6.92 Å². The standard InChI is InChI=1S/C26H31ClN6O2/c1-17(34)28-8-9-29-23-16-24(31-25(30-23)19-4-6-21(27)7-5-19)32-10-12-33(13-11-32)26(35)22-15-18-2-3-20(22)14-18/h2-7,16,18,20,22H,8-15H2,1H3,(H,28,34)(H,29,30,31). The van der Waals surface area contributed by atoms with Crippen LogP contribution in [0.5, 0.6) is 0 Å². The van der Waals surface area contributed by atoms with Crippen LogP contribution in [-0.2, 0) is 9.59 Å². The maximum atomic E-state index is 13.1. The average molecular weight is 495 g/mol. The van der Waals surface area contributed by atoms with Crippen molar-refractivity contribution in [2.75, 3.05) is 49.5 Å². The van der Waals surface area contributed by atoms with Crippen molar-refractivity contribution in [3.05, 3.63) is 47.5 Å². The first-order valence-corrected chi connectivity index (χ1v) is 12.7. The van der Waals surface area contributed by atoms with Crippen molar-refractivity contribution in [2.24, 2.45) is 17.8 Å². The summed E-state index contributed by atoms with van der Waals surface area (Å²) in [6, 6.07) is 9.40. The zero-order valence-corrected chi connectivity index (χ0v) is 20.7. The number of hydrogen-bond donors (Lipinski definition) is 2. The molecule has 1 aromatic heterocycles. The van der Waals surface area contributed by atoms with E-state index in [0.29, 0.717) is 60.6 Å². The van der Waals surface area contributed by atoms with Crippen LogP contribution in [0.25, 0.3) is 11.4 Å². The molecule has 1 saturated heterocycles. The van der Waals surface area contributed by atoms with Gasteiger partial charge in [0.25, 0.3) is 0 Å². The van der Waals surface area contributed by atoms with Crippen molar-refractivity contribution in [3.8, 4) is 11.4 Å². The highest BCUT2D eigenvalue weighted by Gasteiger charge is 2.41. The third-order valence-electron chi connectivity index (χ3n) is 7.13. The lowest BCUT2D eigenvalue weighted by atomic mass is 9.92. The van der Waals surface area contributed by atoms with Crippen LogP contribution in [0.15, 0.2) is 42.5 Å². The van der Waals surface area contributed by atoms with E-state index in [-0.39, 0.29) is 11.8 Å². The number of anilines is 2. The van der Waals surface area contributed by atoms with Crippen LogP contribution in [0.2, 0.25) is 5.02 Å². The molecule has 2 fully saturated rings. The van der Waals surface area contributed by atoms with Gasteiger partial charge in [-0.3, -0.25) is 9.59 Å². The predicted molar refractivity (Wildman–Crippen MR) is 137 cm³/mol. The summed E-state index contributed by atoms with van der Waals surface area (Å²) in [5.41, 5.74) is 0.874. The van der Waals surface area contributed by atoms with E-state index in [1.54, 1.807) is 0 Å². The van der Waals surface area contributed by atoms with Gasteiger partial charge in [0.2, 0.25) is 11.8 Å². The summed E-state index contributed by atoms with van der Waals surface area (Å²) in [6.07, 6.45) is 6.67. The van der Waals surface area contributed by atoms with Gasteiger partial charge in [0.1, 0.15) is 11.6 Å². The Morgan fingerprint density at radius 2 is 1.80 bits per heavy atom. The molecular formula is C26H31ClN6O2. The maximum Gasteiger partial charge on any atom is 0.226 e. The number of allylic oxidation sites excluding steroid dienone is 2. The fraction of sp³-hybridized carbons (Fsp3) is 0.462. The van der Waals surface area contributed by atoms with E-state index >= 15 is 0 Å². The lowest BCUT2D eigenvalue weighted by Crippen LogP contribution is -2.51. The molecule has 2 aliphatic carbocycles. The molecule has 3 unspecified atom stereocenters. The molecule has 3 atom stereocenters. The first-order valence-electron chi connectivity index (χ1n) is 12.3. The fourth-order valence-corrected chi connectivity index (χ4v) is 5.43. The van der Waals surface area contributed by atoms with E-state index in [2.05, 4.69) is 32.7 Å². The van der Waals surface area contributed by atoms with Crippen molar-refractivity contribution in [3.63, 3.8) is 0 Å². The Bertz CT molecular complexity index is 1110. The maximum absolute atomic E-state index is 13.1. The zero-order valence-electron chi connectivity index (χ0n) is 19.9. The van der Waals surface area contributed by atoms with Crippen molar-refractivity contribution >= 4 is 35.1 Å². The Labute approximate surface area is 210 Å². The molecule has 1 aromatic carbocycles. The largest absolute Gasteiger partial charge is 0.368 e. The van der Waals surface area contributed by atoms with Crippen LogP contribution < -0.4 is 15.5 Å². The van der Waals surface area contributed by atoms with Gasteiger partial charge < -0.3 is 20.4 Å². The molecule has 3 aliphatic rings. The normalized spacial score (nSPS) is 23.0. The van der Waals surface area contributed by atoms with Gasteiger partial charge in [-0.15, -0.1) is 0 Å². The van der Waals surface area contributed by atoms with Gasteiger partial charge in [-0.1, -0.05) is 23.8 Å². The number of piperazine rings is 1. The molecule has 1 saturated carbocycles. The number of carbonyl (C=O) groups excluding carboxylic acids is 2. The van der Waals surface area contributed by atoms with Crippen molar-refractivity contribution < 1.29 is 9.59 Å². The Morgan fingerprint density at radius 3 is 2.46 bits per heavy atom. The number of hydrogen-bond acceptors (Lipinski definition) is 6. The highest BCUT2D eigenvalue weighted by atomic mass is 35.5. The topological polar surface area (TPSA) is 90.5 Å². The van der Waals surface area contributed by atoms with E-state index in [0.717, 1.165) is 37.3 Å². The molecule has 0 radical (unpaired) electrons. The minimum Gasteiger partial charge on any atom is -0.368 e. The van der Waals surface area contributed by atoms with Crippen LogP contribution >= 0.6 is 11.6 Å². The third kappa shape index (κ3) is 5.42. The van der Waals surface area contributed by atoms with E-state index in [9.17, 15) is 9.59 Å².